The van der Waals surface area contributed by atoms with Crippen LogP contribution in [0.1, 0.15) is 12.5 Å². The summed E-state index contributed by atoms with van der Waals surface area (Å²) in [4.78, 5) is 4.99. The van der Waals surface area contributed by atoms with E-state index in [-0.39, 0.29) is 0 Å². The lowest BCUT2D eigenvalue weighted by Gasteiger charge is -2.34. The molecule has 1 saturated heterocycles. The molecule has 0 atom stereocenters. The van der Waals surface area contributed by atoms with Gasteiger partial charge in [-0.25, -0.2) is 0 Å². The van der Waals surface area contributed by atoms with Crippen molar-refractivity contribution >= 4 is 15.9 Å². The molecule has 0 unspecified atom stereocenters. The molecule has 1 aliphatic rings. The molecular formula is C14H21BrN2O. The summed E-state index contributed by atoms with van der Waals surface area (Å²) in [6, 6.07) is 6.13. The maximum atomic E-state index is 5.44. The number of rotatable bonds is 4. The summed E-state index contributed by atoms with van der Waals surface area (Å²) >= 11 is 3.62. The molecule has 0 aliphatic carbocycles. The third kappa shape index (κ3) is 3.25. The Kier molecular flexibility index (Phi) is 5.03. The molecule has 1 aromatic rings. The monoisotopic (exact) mass is 312 g/mol. The number of benzene rings is 1. The summed E-state index contributed by atoms with van der Waals surface area (Å²) < 4.78 is 6.58. The molecule has 0 aromatic heterocycles. The first kappa shape index (κ1) is 13.8. The molecule has 2 rings (SSSR count). The van der Waals surface area contributed by atoms with E-state index in [9.17, 15) is 0 Å². The predicted molar refractivity (Wildman–Crippen MR) is 78.1 cm³/mol. The van der Waals surface area contributed by atoms with Gasteiger partial charge in [0.25, 0.3) is 0 Å². The van der Waals surface area contributed by atoms with Crippen molar-refractivity contribution in [3.05, 3.63) is 28.2 Å². The van der Waals surface area contributed by atoms with Crippen LogP contribution in [-0.2, 0) is 6.54 Å². The summed E-state index contributed by atoms with van der Waals surface area (Å²) in [7, 11) is 1.74. The number of methoxy groups -OCH3 is 1. The normalized spacial score (nSPS) is 17.9. The number of ether oxygens (including phenoxy) is 1. The average molecular weight is 313 g/mol. The number of likely N-dealkylation sites (N-methyl/N-ethyl adjacent to an activating group) is 1. The summed E-state index contributed by atoms with van der Waals surface area (Å²) in [5.41, 5.74) is 1.25. The molecule has 0 radical (unpaired) electrons. The highest BCUT2D eigenvalue weighted by Crippen LogP contribution is 2.28. The van der Waals surface area contributed by atoms with Gasteiger partial charge in [0.1, 0.15) is 5.75 Å². The Balaban J connectivity index is 2.02. The smallest absolute Gasteiger partial charge is 0.124 e. The van der Waals surface area contributed by atoms with Crippen molar-refractivity contribution in [3.63, 3.8) is 0 Å². The van der Waals surface area contributed by atoms with Gasteiger partial charge in [0.05, 0.1) is 7.11 Å². The zero-order chi connectivity index (χ0) is 13.0. The maximum Gasteiger partial charge on any atom is 0.124 e. The molecule has 100 valence electrons. The van der Waals surface area contributed by atoms with Crippen molar-refractivity contribution < 1.29 is 4.74 Å². The molecule has 0 saturated carbocycles. The lowest BCUT2D eigenvalue weighted by molar-refractivity contribution is 0.131. The predicted octanol–water partition coefficient (Wildman–Crippen LogP) is 2.60. The minimum absolute atomic E-state index is 0.960. The van der Waals surface area contributed by atoms with Crippen molar-refractivity contribution in [2.75, 3.05) is 39.8 Å². The fraction of sp³-hybridized carbons (Fsp3) is 0.571. The van der Waals surface area contributed by atoms with E-state index in [4.69, 9.17) is 4.74 Å². The van der Waals surface area contributed by atoms with Crippen LogP contribution in [0.15, 0.2) is 22.7 Å². The lowest BCUT2D eigenvalue weighted by Crippen LogP contribution is -2.45. The van der Waals surface area contributed by atoms with Crippen LogP contribution in [0.25, 0.3) is 0 Å². The largest absolute Gasteiger partial charge is 0.496 e. The quantitative estimate of drug-likeness (QED) is 0.850. The third-order valence-electron chi connectivity index (χ3n) is 3.59. The SMILES string of the molecule is CCN1CCN(Cc2c(Br)cccc2OC)CC1. The zero-order valence-electron chi connectivity index (χ0n) is 11.2. The third-order valence-corrected chi connectivity index (χ3v) is 4.33. The van der Waals surface area contributed by atoms with Gasteiger partial charge in [-0.1, -0.05) is 28.9 Å². The average Bonchev–Trinajstić information content (AvgIpc) is 2.42. The fourth-order valence-corrected chi connectivity index (χ4v) is 2.84. The highest BCUT2D eigenvalue weighted by molar-refractivity contribution is 9.10. The van der Waals surface area contributed by atoms with Crippen LogP contribution in [-0.4, -0.2) is 49.6 Å². The summed E-state index contributed by atoms with van der Waals surface area (Å²) in [5.74, 6) is 0.974. The fourth-order valence-electron chi connectivity index (χ4n) is 2.37. The number of piperazine rings is 1. The zero-order valence-corrected chi connectivity index (χ0v) is 12.7. The number of hydrogen-bond donors (Lipinski definition) is 0. The highest BCUT2D eigenvalue weighted by atomic mass is 79.9. The van der Waals surface area contributed by atoms with Crippen LogP contribution in [0.5, 0.6) is 5.75 Å². The van der Waals surface area contributed by atoms with Crippen LogP contribution < -0.4 is 4.74 Å². The van der Waals surface area contributed by atoms with Crippen molar-refractivity contribution in [1.82, 2.24) is 9.80 Å². The topological polar surface area (TPSA) is 15.7 Å². The van der Waals surface area contributed by atoms with Crippen LogP contribution in [0.4, 0.5) is 0 Å². The molecule has 1 aliphatic heterocycles. The van der Waals surface area contributed by atoms with Gasteiger partial charge in [-0.15, -0.1) is 0 Å². The van der Waals surface area contributed by atoms with Gasteiger partial charge in [-0.2, -0.15) is 0 Å². The van der Waals surface area contributed by atoms with E-state index >= 15 is 0 Å². The Labute approximate surface area is 118 Å². The van der Waals surface area contributed by atoms with E-state index in [1.165, 1.54) is 18.7 Å². The van der Waals surface area contributed by atoms with Crippen LogP contribution in [0, 0.1) is 0 Å². The first-order valence-electron chi connectivity index (χ1n) is 6.50. The van der Waals surface area contributed by atoms with E-state index in [1.54, 1.807) is 7.11 Å². The first-order valence-corrected chi connectivity index (χ1v) is 7.30. The molecule has 0 amide bonds. The Morgan fingerprint density at radius 3 is 2.44 bits per heavy atom. The molecule has 1 aromatic carbocycles. The van der Waals surface area contributed by atoms with Crippen LogP contribution >= 0.6 is 15.9 Å². The van der Waals surface area contributed by atoms with E-state index in [0.717, 1.165) is 36.4 Å². The Bertz CT molecular complexity index is 389. The van der Waals surface area contributed by atoms with E-state index in [0.29, 0.717) is 0 Å². The molecule has 0 N–H and O–H groups in total. The molecule has 0 spiro atoms. The highest BCUT2D eigenvalue weighted by Gasteiger charge is 2.18. The van der Waals surface area contributed by atoms with Gasteiger partial charge in [0.15, 0.2) is 0 Å². The van der Waals surface area contributed by atoms with Gasteiger partial charge in [-0.3, -0.25) is 4.90 Å². The van der Waals surface area contributed by atoms with E-state index < -0.39 is 0 Å². The lowest BCUT2D eigenvalue weighted by atomic mass is 10.1. The van der Waals surface area contributed by atoms with E-state index in [1.807, 2.05) is 12.1 Å². The van der Waals surface area contributed by atoms with Crippen molar-refractivity contribution in [1.29, 1.82) is 0 Å². The first-order chi connectivity index (χ1) is 8.74. The molecule has 4 heteroatoms. The van der Waals surface area contributed by atoms with Gasteiger partial charge in [-0.05, 0) is 18.7 Å². The van der Waals surface area contributed by atoms with Gasteiger partial charge in [0, 0.05) is 42.8 Å². The van der Waals surface area contributed by atoms with Gasteiger partial charge >= 0.3 is 0 Å². The Hall–Kier alpha value is -0.580. The molecule has 1 fully saturated rings. The summed E-state index contributed by atoms with van der Waals surface area (Å²) in [6.45, 7) is 8.96. The van der Waals surface area contributed by atoms with Crippen molar-refractivity contribution in [2.24, 2.45) is 0 Å². The van der Waals surface area contributed by atoms with Gasteiger partial charge in [0.2, 0.25) is 0 Å². The number of hydrogen-bond acceptors (Lipinski definition) is 3. The van der Waals surface area contributed by atoms with Crippen molar-refractivity contribution in [2.45, 2.75) is 13.5 Å². The minimum Gasteiger partial charge on any atom is -0.496 e. The Morgan fingerprint density at radius 1 is 1.17 bits per heavy atom. The number of nitrogens with zero attached hydrogens (tertiary/aromatic N) is 2. The minimum atomic E-state index is 0.960. The maximum absolute atomic E-state index is 5.44. The van der Waals surface area contributed by atoms with E-state index in [2.05, 4.69) is 38.7 Å². The molecular weight excluding hydrogens is 292 g/mol. The molecule has 3 nitrogen and oxygen atoms in total. The second-order valence-electron chi connectivity index (χ2n) is 4.63. The molecule has 18 heavy (non-hydrogen) atoms. The van der Waals surface area contributed by atoms with Gasteiger partial charge < -0.3 is 9.64 Å². The van der Waals surface area contributed by atoms with Crippen LogP contribution in [0.3, 0.4) is 0 Å². The Morgan fingerprint density at radius 2 is 1.83 bits per heavy atom. The second kappa shape index (κ2) is 6.55. The second-order valence-corrected chi connectivity index (χ2v) is 5.49. The summed E-state index contributed by atoms with van der Waals surface area (Å²) in [6.07, 6.45) is 0. The van der Waals surface area contributed by atoms with Crippen molar-refractivity contribution in [3.8, 4) is 5.75 Å². The van der Waals surface area contributed by atoms with Crippen LogP contribution in [0.2, 0.25) is 0 Å². The standard InChI is InChI=1S/C14H21BrN2O/c1-3-16-7-9-17(10-8-16)11-12-13(15)5-4-6-14(12)18-2/h4-6H,3,7-11H2,1-2H3. The number of halogens is 1. The summed E-state index contributed by atoms with van der Waals surface area (Å²) in [5, 5.41) is 0. The molecule has 1 heterocycles. The molecule has 0 bridgehead atoms.